The summed E-state index contributed by atoms with van der Waals surface area (Å²) in [6.45, 7) is 1.44. The number of methoxy groups -OCH3 is 1. The molecule has 2 N–H and O–H groups in total. The molecule has 1 heterocycles. The van der Waals surface area contributed by atoms with Crippen molar-refractivity contribution < 1.29 is 18.8 Å². The highest BCUT2D eigenvalue weighted by Crippen LogP contribution is 2.23. The monoisotopic (exact) mass is 365 g/mol. The van der Waals surface area contributed by atoms with E-state index in [2.05, 4.69) is 15.8 Å². The zero-order valence-corrected chi connectivity index (χ0v) is 15.0. The van der Waals surface area contributed by atoms with E-state index in [4.69, 9.17) is 9.26 Å². The van der Waals surface area contributed by atoms with Crippen LogP contribution in [0.3, 0.4) is 0 Å². The third-order valence-electron chi connectivity index (χ3n) is 3.76. The predicted octanol–water partition coefficient (Wildman–Crippen LogP) is 3.49. The van der Waals surface area contributed by atoms with Crippen LogP contribution in [0.4, 0.5) is 11.4 Å². The SMILES string of the molecule is COc1ccc(-c2cc(CC(=O)Nc3ccc(NC(C)=O)cc3)no2)cc1. The van der Waals surface area contributed by atoms with E-state index >= 15 is 0 Å². The Bertz CT molecular complexity index is 931. The molecule has 0 saturated carbocycles. The maximum atomic E-state index is 12.2. The standard InChI is InChI=1S/C20H19N3O4/c1-13(24)21-15-5-7-16(8-6-15)22-20(25)12-17-11-19(27-23-17)14-3-9-18(26-2)10-4-14/h3-11H,12H2,1-2H3,(H,21,24)(H,22,25). The number of ether oxygens (including phenoxy) is 1. The van der Waals surface area contributed by atoms with E-state index in [1.54, 1.807) is 37.4 Å². The molecule has 0 unspecified atom stereocenters. The third-order valence-corrected chi connectivity index (χ3v) is 3.76. The average molecular weight is 365 g/mol. The fourth-order valence-corrected chi connectivity index (χ4v) is 2.50. The van der Waals surface area contributed by atoms with Gasteiger partial charge in [-0.05, 0) is 48.5 Å². The Kier molecular flexibility index (Phi) is 5.51. The van der Waals surface area contributed by atoms with Gasteiger partial charge in [0.15, 0.2) is 5.76 Å². The molecule has 138 valence electrons. The number of amides is 2. The Morgan fingerprint density at radius 1 is 1.00 bits per heavy atom. The minimum Gasteiger partial charge on any atom is -0.497 e. The van der Waals surface area contributed by atoms with Gasteiger partial charge in [0.2, 0.25) is 11.8 Å². The molecule has 27 heavy (non-hydrogen) atoms. The molecule has 0 aliphatic rings. The lowest BCUT2D eigenvalue weighted by Crippen LogP contribution is -2.14. The molecule has 0 aliphatic heterocycles. The van der Waals surface area contributed by atoms with Gasteiger partial charge in [0.05, 0.1) is 19.2 Å². The Morgan fingerprint density at radius 2 is 1.63 bits per heavy atom. The van der Waals surface area contributed by atoms with Gasteiger partial charge in [-0.3, -0.25) is 9.59 Å². The van der Waals surface area contributed by atoms with Crippen molar-refractivity contribution in [3.05, 3.63) is 60.3 Å². The van der Waals surface area contributed by atoms with E-state index in [0.29, 0.717) is 22.8 Å². The van der Waals surface area contributed by atoms with Crippen LogP contribution in [0, 0.1) is 0 Å². The molecule has 2 aromatic carbocycles. The number of hydrogen-bond acceptors (Lipinski definition) is 5. The van der Waals surface area contributed by atoms with E-state index in [-0.39, 0.29) is 18.2 Å². The minimum absolute atomic E-state index is 0.0904. The molecule has 0 saturated heterocycles. The Morgan fingerprint density at radius 3 is 2.22 bits per heavy atom. The molecule has 2 amide bonds. The number of carbonyl (C=O) groups excluding carboxylic acids is 2. The van der Waals surface area contributed by atoms with Crippen LogP contribution < -0.4 is 15.4 Å². The number of rotatable bonds is 6. The van der Waals surface area contributed by atoms with Crippen molar-refractivity contribution in [1.82, 2.24) is 5.16 Å². The van der Waals surface area contributed by atoms with E-state index in [9.17, 15) is 9.59 Å². The number of carbonyl (C=O) groups is 2. The van der Waals surface area contributed by atoms with Crippen LogP contribution in [0.25, 0.3) is 11.3 Å². The summed E-state index contributed by atoms with van der Waals surface area (Å²) >= 11 is 0. The summed E-state index contributed by atoms with van der Waals surface area (Å²) in [5.41, 5.74) is 2.69. The van der Waals surface area contributed by atoms with Crippen molar-refractivity contribution in [2.75, 3.05) is 17.7 Å². The van der Waals surface area contributed by atoms with Gasteiger partial charge in [0.25, 0.3) is 0 Å². The zero-order valence-electron chi connectivity index (χ0n) is 15.0. The van der Waals surface area contributed by atoms with Crippen molar-refractivity contribution in [1.29, 1.82) is 0 Å². The lowest BCUT2D eigenvalue weighted by molar-refractivity contribution is -0.116. The summed E-state index contributed by atoms with van der Waals surface area (Å²) in [6.07, 6.45) is 0.0904. The fourth-order valence-electron chi connectivity index (χ4n) is 2.50. The predicted molar refractivity (Wildman–Crippen MR) is 102 cm³/mol. The van der Waals surface area contributed by atoms with Crippen LogP contribution in [-0.4, -0.2) is 24.1 Å². The van der Waals surface area contributed by atoms with Gasteiger partial charge in [-0.15, -0.1) is 0 Å². The topological polar surface area (TPSA) is 93.5 Å². The maximum absolute atomic E-state index is 12.2. The summed E-state index contributed by atoms with van der Waals surface area (Å²) in [4.78, 5) is 23.2. The van der Waals surface area contributed by atoms with Crippen LogP contribution in [0.15, 0.2) is 59.1 Å². The number of nitrogens with one attached hydrogen (secondary N) is 2. The summed E-state index contributed by atoms with van der Waals surface area (Å²) in [5, 5.41) is 9.40. The van der Waals surface area contributed by atoms with Crippen molar-refractivity contribution in [3.63, 3.8) is 0 Å². The molecule has 3 rings (SSSR count). The van der Waals surface area contributed by atoms with E-state index in [1.807, 2.05) is 24.3 Å². The van der Waals surface area contributed by atoms with Crippen LogP contribution in [0.2, 0.25) is 0 Å². The van der Waals surface area contributed by atoms with Crippen LogP contribution in [0.1, 0.15) is 12.6 Å². The largest absolute Gasteiger partial charge is 0.497 e. The fraction of sp³-hybridized carbons (Fsp3) is 0.150. The highest BCUT2D eigenvalue weighted by molar-refractivity contribution is 5.93. The van der Waals surface area contributed by atoms with Gasteiger partial charge in [-0.2, -0.15) is 0 Å². The first kappa shape index (κ1) is 18.2. The number of anilines is 2. The van der Waals surface area contributed by atoms with E-state index in [0.717, 1.165) is 11.3 Å². The normalized spacial score (nSPS) is 10.3. The smallest absolute Gasteiger partial charge is 0.230 e. The van der Waals surface area contributed by atoms with Crippen LogP contribution in [-0.2, 0) is 16.0 Å². The molecule has 1 aromatic heterocycles. The Balaban J connectivity index is 1.59. The minimum atomic E-state index is -0.211. The number of benzene rings is 2. The number of nitrogens with zero attached hydrogens (tertiary/aromatic N) is 1. The van der Waals surface area contributed by atoms with Gasteiger partial charge in [-0.25, -0.2) is 0 Å². The maximum Gasteiger partial charge on any atom is 0.230 e. The second-order valence-electron chi connectivity index (χ2n) is 5.89. The lowest BCUT2D eigenvalue weighted by Gasteiger charge is -2.06. The van der Waals surface area contributed by atoms with Crippen molar-refractivity contribution in [2.45, 2.75) is 13.3 Å². The molecule has 0 atom stereocenters. The van der Waals surface area contributed by atoms with Gasteiger partial charge < -0.3 is 19.9 Å². The quantitative estimate of drug-likeness (QED) is 0.697. The highest BCUT2D eigenvalue weighted by Gasteiger charge is 2.11. The molecule has 0 spiro atoms. The summed E-state index contributed by atoms with van der Waals surface area (Å²) in [6, 6.07) is 16.0. The van der Waals surface area contributed by atoms with Crippen LogP contribution in [0.5, 0.6) is 5.75 Å². The molecule has 7 heteroatoms. The van der Waals surface area contributed by atoms with Gasteiger partial charge >= 0.3 is 0 Å². The van der Waals surface area contributed by atoms with Gasteiger partial charge in [0.1, 0.15) is 5.75 Å². The molecule has 0 fully saturated rings. The summed E-state index contributed by atoms with van der Waals surface area (Å²) < 4.78 is 10.4. The molecule has 0 radical (unpaired) electrons. The first-order chi connectivity index (χ1) is 13.0. The lowest BCUT2D eigenvalue weighted by atomic mass is 10.1. The molecule has 7 nitrogen and oxygen atoms in total. The molecular formula is C20H19N3O4. The first-order valence-corrected chi connectivity index (χ1v) is 8.31. The Hall–Kier alpha value is -3.61. The number of hydrogen-bond donors (Lipinski definition) is 2. The summed E-state index contributed by atoms with van der Waals surface area (Å²) in [5.74, 6) is 0.977. The van der Waals surface area contributed by atoms with Crippen molar-refractivity contribution in [3.8, 4) is 17.1 Å². The van der Waals surface area contributed by atoms with Gasteiger partial charge in [-0.1, -0.05) is 5.16 Å². The second-order valence-corrected chi connectivity index (χ2v) is 5.89. The molecule has 3 aromatic rings. The van der Waals surface area contributed by atoms with E-state index < -0.39 is 0 Å². The first-order valence-electron chi connectivity index (χ1n) is 8.31. The number of aromatic nitrogens is 1. The third kappa shape index (κ3) is 4.94. The highest BCUT2D eigenvalue weighted by atomic mass is 16.5. The molecule has 0 aliphatic carbocycles. The molecule has 0 bridgehead atoms. The summed E-state index contributed by atoms with van der Waals surface area (Å²) in [7, 11) is 1.60. The van der Waals surface area contributed by atoms with Crippen molar-refractivity contribution in [2.24, 2.45) is 0 Å². The average Bonchev–Trinajstić information content (AvgIpc) is 3.11. The Labute approximate surface area is 156 Å². The molecular weight excluding hydrogens is 346 g/mol. The zero-order chi connectivity index (χ0) is 19.2. The second kappa shape index (κ2) is 8.18. The van der Waals surface area contributed by atoms with Gasteiger partial charge in [0, 0.05) is 29.9 Å². The van der Waals surface area contributed by atoms with Crippen LogP contribution >= 0.6 is 0 Å². The van der Waals surface area contributed by atoms with E-state index in [1.165, 1.54) is 6.92 Å². The van der Waals surface area contributed by atoms with Crippen molar-refractivity contribution >= 4 is 23.2 Å².